The van der Waals surface area contributed by atoms with Gasteiger partial charge in [0.2, 0.25) is 0 Å². The van der Waals surface area contributed by atoms with Crippen molar-refractivity contribution in [3.8, 4) is 0 Å². The lowest BCUT2D eigenvalue weighted by molar-refractivity contribution is -0.105. The third kappa shape index (κ3) is 2.22. The second-order valence-corrected chi connectivity index (χ2v) is 9.14. The van der Waals surface area contributed by atoms with Gasteiger partial charge in [0.15, 0.2) is 0 Å². The Morgan fingerprint density at radius 2 is 1.86 bits per heavy atom. The average molecular weight is 303 g/mol. The SMILES string of the molecule is C/C=C1/COCC2C3CCC4CC(C)CCC4C3CCC12C. The first-order valence-electron chi connectivity index (χ1n) is 9.87. The summed E-state index contributed by atoms with van der Waals surface area (Å²) < 4.78 is 6.04. The van der Waals surface area contributed by atoms with Gasteiger partial charge in [-0.05, 0) is 91.9 Å². The molecule has 4 fully saturated rings. The van der Waals surface area contributed by atoms with Crippen molar-refractivity contribution in [1.29, 1.82) is 0 Å². The van der Waals surface area contributed by atoms with Crippen LogP contribution in [-0.4, -0.2) is 13.2 Å². The molecule has 1 saturated heterocycles. The molecule has 0 radical (unpaired) electrons. The van der Waals surface area contributed by atoms with Gasteiger partial charge < -0.3 is 4.74 Å². The summed E-state index contributed by atoms with van der Waals surface area (Å²) in [4.78, 5) is 0. The van der Waals surface area contributed by atoms with Gasteiger partial charge in [-0.3, -0.25) is 0 Å². The van der Waals surface area contributed by atoms with Crippen LogP contribution in [0, 0.1) is 40.9 Å². The highest BCUT2D eigenvalue weighted by Gasteiger charge is 2.54. The van der Waals surface area contributed by atoms with Gasteiger partial charge in [0.05, 0.1) is 13.2 Å². The monoisotopic (exact) mass is 302 g/mol. The number of ether oxygens (including phenoxy) is 1. The van der Waals surface area contributed by atoms with Crippen LogP contribution in [0.15, 0.2) is 11.6 Å². The Kier molecular flexibility index (Phi) is 3.92. The summed E-state index contributed by atoms with van der Waals surface area (Å²) >= 11 is 0. The van der Waals surface area contributed by atoms with Crippen molar-refractivity contribution < 1.29 is 4.74 Å². The van der Waals surface area contributed by atoms with E-state index in [-0.39, 0.29) is 0 Å². The van der Waals surface area contributed by atoms with Crippen LogP contribution in [-0.2, 0) is 4.74 Å². The maximum absolute atomic E-state index is 6.04. The van der Waals surface area contributed by atoms with Gasteiger partial charge in [0.25, 0.3) is 0 Å². The Balaban J connectivity index is 1.59. The summed E-state index contributed by atoms with van der Waals surface area (Å²) in [7, 11) is 0. The molecule has 4 aliphatic rings. The van der Waals surface area contributed by atoms with Gasteiger partial charge in [0, 0.05) is 0 Å². The van der Waals surface area contributed by atoms with Gasteiger partial charge in [0.1, 0.15) is 0 Å². The van der Waals surface area contributed by atoms with Crippen molar-refractivity contribution in [2.24, 2.45) is 40.9 Å². The molecule has 1 heterocycles. The molecule has 22 heavy (non-hydrogen) atoms. The summed E-state index contributed by atoms with van der Waals surface area (Å²) in [6, 6.07) is 0. The minimum absolute atomic E-state index is 0.447. The molecule has 1 aliphatic heterocycles. The molecule has 7 atom stereocenters. The van der Waals surface area contributed by atoms with Gasteiger partial charge in [-0.1, -0.05) is 26.3 Å². The molecule has 7 unspecified atom stereocenters. The first kappa shape index (κ1) is 15.2. The van der Waals surface area contributed by atoms with Crippen molar-refractivity contribution in [2.75, 3.05) is 13.2 Å². The summed E-state index contributed by atoms with van der Waals surface area (Å²) in [6.07, 6.45) is 12.8. The molecule has 0 aromatic heterocycles. The lowest BCUT2D eigenvalue weighted by atomic mass is 9.48. The Hall–Kier alpha value is -0.300. The first-order valence-corrected chi connectivity index (χ1v) is 9.87. The van der Waals surface area contributed by atoms with E-state index in [1.807, 2.05) is 0 Å². The van der Waals surface area contributed by atoms with Crippen LogP contribution in [0.1, 0.15) is 65.7 Å². The van der Waals surface area contributed by atoms with E-state index in [9.17, 15) is 0 Å². The quantitative estimate of drug-likeness (QED) is 0.540. The number of fused-ring (bicyclic) bond motifs is 5. The van der Waals surface area contributed by atoms with Gasteiger partial charge >= 0.3 is 0 Å². The highest BCUT2D eigenvalue weighted by molar-refractivity contribution is 5.20. The Labute approximate surface area is 136 Å². The molecule has 1 heteroatoms. The minimum Gasteiger partial charge on any atom is -0.377 e. The van der Waals surface area contributed by atoms with Gasteiger partial charge in [-0.15, -0.1) is 0 Å². The van der Waals surface area contributed by atoms with Gasteiger partial charge in [-0.2, -0.15) is 0 Å². The highest BCUT2D eigenvalue weighted by atomic mass is 16.5. The maximum Gasteiger partial charge on any atom is 0.0682 e. The van der Waals surface area contributed by atoms with Crippen LogP contribution in [0.5, 0.6) is 0 Å². The summed E-state index contributed by atoms with van der Waals surface area (Å²) in [6.45, 7) is 9.18. The molecular formula is C21H34O. The topological polar surface area (TPSA) is 9.23 Å². The number of allylic oxidation sites excluding steroid dienone is 1. The second kappa shape index (κ2) is 5.65. The number of rotatable bonds is 0. The molecule has 0 amide bonds. The van der Waals surface area contributed by atoms with Crippen molar-refractivity contribution in [1.82, 2.24) is 0 Å². The first-order chi connectivity index (χ1) is 10.6. The molecular weight excluding hydrogens is 268 g/mol. The number of hydrogen-bond acceptors (Lipinski definition) is 1. The predicted molar refractivity (Wildman–Crippen MR) is 91.6 cm³/mol. The molecule has 0 N–H and O–H groups in total. The number of hydrogen-bond donors (Lipinski definition) is 0. The zero-order valence-electron chi connectivity index (χ0n) is 14.8. The fraction of sp³-hybridized carbons (Fsp3) is 0.905. The summed E-state index contributed by atoms with van der Waals surface area (Å²) in [5.74, 6) is 5.86. The maximum atomic E-state index is 6.04. The molecule has 0 bridgehead atoms. The van der Waals surface area contributed by atoms with E-state index in [4.69, 9.17) is 4.74 Å². The highest BCUT2D eigenvalue weighted by Crippen LogP contribution is 2.60. The normalized spacial score (nSPS) is 53.5. The molecule has 3 aliphatic carbocycles. The van der Waals surface area contributed by atoms with E-state index in [0.717, 1.165) is 48.7 Å². The van der Waals surface area contributed by atoms with Crippen LogP contribution in [0.2, 0.25) is 0 Å². The Morgan fingerprint density at radius 3 is 2.68 bits per heavy atom. The average Bonchev–Trinajstić information content (AvgIpc) is 2.53. The van der Waals surface area contributed by atoms with Gasteiger partial charge in [-0.25, -0.2) is 0 Å². The van der Waals surface area contributed by atoms with E-state index in [0.29, 0.717) is 5.41 Å². The molecule has 4 rings (SSSR count). The van der Waals surface area contributed by atoms with Crippen molar-refractivity contribution in [3.05, 3.63) is 11.6 Å². The van der Waals surface area contributed by atoms with E-state index < -0.39 is 0 Å². The fourth-order valence-corrected chi connectivity index (χ4v) is 6.99. The van der Waals surface area contributed by atoms with Crippen LogP contribution in [0.25, 0.3) is 0 Å². The largest absolute Gasteiger partial charge is 0.377 e. The van der Waals surface area contributed by atoms with E-state index in [2.05, 4.69) is 26.8 Å². The molecule has 0 spiro atoms. The van der Waals surface area contributed by atoms with Crippen molar-refractivity contribution in [2.45, 2.75) is 65.7 Å². The lowest BCUT2D eigenvalue weighted by Gasteiger charge is -2.58. The molecule has 1 nitrogen and oxygen atoms in total. The molecule has 0 aromatic rings. The van der Waals surface area contributed by atoms with E-state index in [1.54, 1.807) is 5.57 Å². The molecule has 0 aromatic carbocycles. The Morgan fingerprint density at radius 1 is 1.05 bits per heavy atom. The second-order valence-electron chi connectivity index (χ2n) is 9.14. The standard InChI is InChI=1S/C21H34O/c1-4-16-12-22-13-20-19-8-6-15-11-14(2)5-7-17(15)18(19)9-10-21(16,20)3/h4,14-15,17-20H,5-13H2,1-3H3/b16-4-. The minimum atomic E-state index is 0.447. The summed E-state index contributed by atoms with van der Waals surface area (Å²) in [5, 5.41) is 0. The predicted octanol–water partition coefficient (Wildman–Crippen LogP) is 5.46. The van der Waals surface area contributed by atoms with E-state index in [1.165, 1.54) is 44.9 Å². The lowest BCUT2D eigenvalue weighted by Crippen LogP contribution is -2.53. The zero-order valence-corrected chi connectivity index (χ0v) is 14.8. The smallest absolute Gasteiger partial charge is 0.0682 e. The summed E-state index contributed by atoms with van der Waals surface area (Å²) in [5.41, 5.74) is 2.05. The molecule has 3 saturated carbocycles. The van der Waals surface area contributed by atoms with E-state index >= 15 is 0 Å². The van der Waals surface area contributed by atoms with Crippen LogP contribution >= 0.6 is 0 Å². The van der Waals surface area contributed by atoms with Crippen LogP contribution in [0.4, 0.5) is 0 Å². The third-order valence-electron chi connectivity index (χ3n) is 8.24. The fourth-order valence-electron chi connectivity index (χ4n) is 6.99. The van der Waals surface area contributed by atoms with Crippen molar-refractivity contribution in [3.63, 3.8) is 0 Å². The zero-order chi connectivity index (χ0) is 15.3. The molecule has 124 valence electrons. The van der Waals surface area contributed by atoms with Crippen molar-refractivity contribution >= 4 is 0 Å². The van der Waals surface area contributed by atoms with Crippen LogP contribution in [0.3, 0.4) is 0 Å². The Bertz CT molecular complexity index is 453. The third-order valence-corrected chi connectivity index (χ3v) is 8.24. The van der Waals surface area contributed by atoms with Crippen LogP contribution < -0.4 is 0 Å².